The predicted octanol–water partition coefficient (Wildman–Crippen LogP) is 3.30. The highest BCUT2D eigenvalue weighted by Crippen LogP contribution is 2.24. The van der Waals surface area contributed by atoms with Crippen LogP contribution >= 0.6 is 0 Å². The van der Waals surface area contributed by atoms with Gasteiger partial charge >= 0.3 is 0 Å². The van der Waals surface area contributed by atoms with E-state index in [1.807, 2.05) is 30.3 Å². The van der Waals surface area contributed by atoms with E-state index in [2.05, 4.69) is 10.6 Å². The van der Waals surface area contributed by atoms with Gasteiger partial charge < -0.3 is 10.6 Å². The predicted molar refractivity (Wildman–Crippen MR) is 78.7 cm³/mol. The maximum atomic E-state index is 13.7. The van der Waals surface area contributed by atoms with Gasteiger partial charge in [0.1, 0.15) is 5.82 Å². The monoisotopic (exact) mass is 306 g/mol. The summed E-state index contributed by atoms with van der Waals surface area (Å²) < 4.78 is 40.6. The van der Waals surface area contributed by atoms with Crippen LogP contribution in [0.5, 0.6) is 0 Å². The van der Waals surface area contributed by atoms with Crippen molar-refractivity contribution in [1.29, 1.82) is 0 Å². The van der Waals surface area contributed by atoms with E-state index in [0.29, 0.717) is 0 Å². The van der Waals surface area contributed by atoms with E-state index in [9.17, 15) is 13.2 Å². The molecule has 5 heteroatoms. The first-order valence-electron chi connectivity index (χ1n) is 7.31. The molecule has 0 saturated carbocycles. The van der Waals surface area contributed by atoms with Crippen LogP contribution in [0.1, 0.15) is 23.6 Å². The summed E-state index contributed by atoms with van der Waals surface area (Å²) in [6, 6.07) is 11.8. The Hall–Kier alpha value is -1.85. The van der Waals surface area contributed by atoms with Gasteiger partial charge in [-0.2, -0.15) is 0 Å². The highest BCUT2D eigenvalue weighted by atomic mass is 19.2. The van der Waals surface area contributed by atoms with Gasteiger partial charge in [-0.05, 0) is 30.7 Å². The molecule has 2 atom stereocenters. The molecule has 0 bridgehead atoms. The maximum Gasteiger partial charge on any atom is 0.166 e. The number of hydrogen-bond donors (Lipinski definition) is 2. The van der Waals surface area contributed by atoms with E-state index in [1.165, 1.54) is 0 Å². The van der Waals surface area contributed by atoms with Gasteiger partial charge in [-0.25, -0.2) is 13.2 Å². The number of rotatable bonds is 4. The Bertz CT molecular complexity index is 646. The molecule has 2 N–H and O–H groups in total. The van der Waals surface area contributed by atoms with E-state index in [1.54, 1.807) is 0 Å². The molecule has 1 fully saturated rings. The lowest BCUT2D eigenvalue weighted by Crippen LogP contribution is -2.34. The van der Waals surface area contributed by atoms with Crippen LogP contribution < -0.4 is 10.6 Å². The molecule has 0 unspecified atom stereocenters. The Morgan fingerprint density at radius 2 is 1.73 bits per heavy atom. The van der Waals surface area contributed by atoms with Crippen molar-refractivity contribution < 1.29 is 13.2 Å². The van der Waals surface area contributed by atoms with Gasteiger partial charge in [0.2, 0.25) is 0 Å². The zero-order valence-corrected chi connectivity index (χ0v) is 12.0. The zero-order valence-electron chi connectivity index (χ0n) is 12.0. The molecule has 22 heavy (non-hydrogen) atoms. The van der Waals surface area contributed by atoms with E-state index < -0.39 is 17.5 Å². The average Bonchev–Trinajstić information content (AvgIpc) is 3.00. The van der Waals surface area contributed by atoms with E-state index >= 15 is 0 Å². The van der Waals surface area contributed by atoms with Crippen LogP contribution in [0.2, 0.25) is 0 Å². The Morgan fingerprint density at radius 1 is 1.00 bits per heavy atom. The lowest BCUT2D eigenvalue weighted by atomic mass is 10.0. The lowest BCUT2D eigenvalue weighted by Gasteiger charge is -2.21. The van der Waals surface area contributed by atoms with Gasteiger partial charge in [0.15, 0.2) is 11.6 Å². The fourth-order valence-corrected chi connectivity index (χ4v) is 2.90. The first kappa shape index (κ1) is 15.1. The molecule has 116 valence electrons. The second-order valence-electron chi connectivity index (χ2n) is 5.44. The largest absolute Gasteiger partial charge is 0.309 e. The number of hydrogen-bond acceptors (Lipinski definition) is 2. The highest BCUT2D eigenvalue weighted by Gasteiger charge is 2.28. The molecule has 2 aromatic carbocycles. The van der Waals surface area contributed by atoms with Gasteiger partial charge in [0.05, 0.1) is 0 Å². The van der Waals surface area contributed by atoms with Crippen molar-refractivity contribution in [1.82, 2.24) is 10.6 Å². The summed E-state index contributed by atoms with van der Waals surface area (Å²) in [5, 5.41) is 6.52. The third-order valence-corrected chi connectivity index (χ3v) is 4.06. The average molecular weight is 306 g/mol. The Kier molecular flexibility index (Phi) is 4.45. The standard InChI is InChI=1S/C17H17F3N2/c18-13-6-7-14(19)16(20)12(13)10-22-15-8-9-21-17(15)11-4-2-1-3-5-11/h1-7,15,17,21-22H,8-10H2/t15-,17-/m0/s1. The van der Waals surface area contributed by atoms with E-state index in [4.69, 9.17) is 0 Å². The van der Waals surface area contributed by atoms with Crippen LogP contribution in [0.3, 0.4) is 0 Å². The molecule has 0 aromatic heterocycles. The van der Waals surface area contributed by atoms with Gasteiger partial charge in [0.25, 0.3) is 0 Å². The number of benzene rings is 2. The molecule has 2 nitrogen and oxygen atoms in total. The van der Waals surface area contributed by atoms with Crippen molar-refractivity contribution in [3.63, 3.8) is 0 Å². The fourth-order valence-electron chi connectivity index (χ4n) is 2.90. The van der Waals surface area contributed by atoms with Gasteiger partial charge in [-0.1, -0.05) is 30.3 Å². The molecule has 0 amide bonds. The third-order valence-electron chi connectivity index (χ3n) is 4.06. The minimum absolute atomic E-state index is 0.0366. The minimum atomic E-state index is -1.12. The van der Waals surface area contributed by atoms with Gasteiger partial charge in [0, 0.05) is 24.2 Å². The SMILES string of the molecule is Fc1ccc(F)c(CN[C@H]2CCN[C@H]2c2ccccc2)c1F. The van der Waals surface area contributed by atoms with Crippen molar-refractivity contribution in [3.05, 3.63) is 71.0 Å². The first-order valence-corrected chi connectivity index (χ1v) is 7.31. The summed E-state index contributed by atoms with van der Waals surface area (Å²) in [7, 11) is 0. The third kappa shape index (κ3) is 3.00. The quantitative estimate of drug-likeness (QED) is 0.847. The summed E-state index contributed by atoms with van der Waals surface area (Å²) in [6.07, 6.45) is 0.845. The minimum Gasteiger partial charge on any atom is -0.309 e. The molecular weight excluding hydrogens is 289 g/mol. The van der Waals surface area contributed by atoms with Crippen LogP contribution in [-0.2, 0) is 6.54 Å². The van der Waals surface area contributed by atoms with Crippen molar-refractivity contribution in [2.75, 3.05) is 6.54 Å². The molecule has 0 radical (unpaired) electrons. The molecular formula is C17H17F3N2. The Labute approximate surface area is 127 Å². The molecule has 0 spiro atoms. The zero-order chi connectivity index (χ0) is 15.5. The summed E-state index contributed by atoms with van der Waals surface area (Å²) in [5.41, 5.74) is 0.872. The molecule has 1 aliphatic rings. The summed E-state index contributed by atoms with van der Waals surface area (Å²) in [5.74, 6) is -2.87. The van der Waals surface area contributed by atoms with Crippen LogP contribution in [0.15, 0.2) is 42.5 Å². The Balaban J connectivity index is 1.73. The second-order valence-corrected chi connectivity index (χ2v) is 5.44. The van der Waals surface area contributed by atoms with Crippen molar-refractivity contribution in [2.24, 2.45) is 0 Å². The molecule has 1 saturated heterocycles. The van der Waals surface area contributed by atoms with Crippen molar-refractivity contribution >= 4 is 0 Å². The maximum absolute atomic E-state index is 13.7. The normalized spacial score (nSPS) is 21.2. The Morgan fingerprint density at radius 3 is 2.50 bits per heavy atom. The van der Waals surface area contributed by atoms with Crippen LogP contribution in [0, 0.1) is 17.5 Å². The first-order chi connectivity index (χ1) is 10.7. The van der Waals surface area contributed by atoms with Crippen LogP contribution in [0.4, 0.5) is 13.2 Å². The van der Waals surface area contributed by atoms with Crippen LogP contribution in [0.25, 0.3) is 0 Å². The topological polar surface area (TPSA) is 24.1 Å². The van der Waals surface area contributed by atoms with Crippen LogP contribution in [-0.4, -0.2) is 12.6 Å². The van der Waals surface area contributed by atoms with Crippen molar-refractivity contribution in [3.8, 4) is 0 Å². The lowest BCUT2D eigenvalue weighted by molar-refractivity contribution is 0.431. The van der Waals surface area contributed by atoms with E-state index in [-0.39, 0.29) is 24.2 Å². The smallest absolute Gasteiger partial charge is 0.166 e. The van der Waals surface area contributed by atoms with Gasteiger partial charge in [-0.15, -0.1) is 0 Å². The summed E-state index contributed by atoms with van der Waals surface area (Å²) in [6.45, 7) is 0.788. The molecule has 1 aliphatic heterocycles. The fraction of sp³-hybridized carbons (Fsp3) is 0.294. The highest BCUT2D eigenvalue weighted by molar-refractivity contribution is 5.24. The molecule has 0 aliphatic carbocycles. The molecule has 1 heterocycles. The molecule has 3 rings (SSSR count). The second kappa shape index (κ2) is 6.50. The van der Waals surface area contributed by atoms with Crippen molar-refractivity contribution in [2.45, 2.75) is 25.0 Å². The number of halogens is 3. The van der Waals surface area contributed by atoms with E-state index in [0.717, 1.165) is 30.7 Å². The summed E-state index contributed by atoms with van der Waals surface area (Å²) >= 11 is 0. The molecule has 2 aromatic rings. The summed E-state index contributed by atoms with van der Waals surface area (Å²) in [4.78, 5) is 0. The van der Waals surface area contributed by atoms with Gasteiger partial charge in [-0.3, -0.25) is 0 Å². The number of nitrogens with one attached hydrogen (secondary N) is 2.